The van der Waals surface area contributed by atoms with Crippen molar-refractivity contribution in [1.29, 1.82) is 5.26 Å². The molecular weight excluding hydrogens is 516 g/mol. The van der Waals surface area contributed by atoms with Gasteiger partial charge >= 0.3 is 6.09 Å². The summed E-state index contributed by atoms with van der Waals surface area (Å²) in [5, 5.41) is 17.4. The molecule has 7 nitrogen and oxygen atoms in total. The molecule has 1 amide bonds. The summed E-state index contributed by atoms with van der Waals surface area (Å²) in [6, 6.07) is 10.1. The Morgan fingerprint density at radius 2 is 1.89 bits per heavy atom. The minimum Gasteiger partial charge on any atom is -0.444 e. The van der Waals surface area contributed by atoms with Crippen molar-refractivity contribution in [2.75, 3.05) is 30.3 Å². The Balaban J connectivity index is 1.50. The third kappa shape index (κ3) is 6.54. The molecule has 10 heteroatoms. The first-order chi connectivity index (χ1) is 17.5. The Bertz CT molecular complexity index is 1360. The highest BCUT2D eigenvalue weighted by molar-refractivity contribution is 6.36. The Hall–Kier alpha value is -3.28. The number of nitrogens with one attached hydrogen (secondary N) is 2. The number of nitriles is 1. The van der Waals surface area contributed by atoms with Crippen molar-refractivity contribution in [3.05, 3.63) is 58.0 Å². The summed E-state index contributed by atoms with van der Waals surface area (Å²) in [5.41, 5.74) is 2.15. The number of nitrogens with zero attached hydrogens (tertiary/aromatic N) is 3. The second-order valence-corrected chi connectivity index (χ2v) is 10.9. The van der Waals surface area contributed by atoms with Crippen LogP contribution in [0.15, 0.2) is 36.5 Å². The van der Waals surface area contributed by atoms with E-state index in [1.165, 1.54) is 18.3 Å². The summed E-state index contributed by atoms with van der Waals surface area (Å²) in [6.45, 7) is 7.57. The first-order valence-electron chi connectivity index (χ1n) is 12.0. The fourth-order valence-electron chi connectivity index (χ4n) is 4.21. The molecule has 3 aromatic rings. The number of hydrogen-bond acceptors (Lipinski definition) is 6. The van der Waals surface area contributed by atoms with Gasteiger partial charge in [-0.25, -0.2) is 9.18 Å². The number of piperidine rings is 1. The van der Waals surface area contributed by atoms with Crippen LogP contribution in [-0.2, 0) is 4.74 Å². The maximum absolute atomic E-state index is 13.6. The maximum atomic E-state index is 13.6. The summed E-state index contributed by atoms with van der Waals surface area (Å²) in [7, 11) is 0. The number of fused-ring (bicyclic) bond motifs is 1. The van der Waals surface area contributed by atoms with E-state index in [4.69, 9.17) is 27.9 Å². The molecule has 4 rings (SSSR count). The van der Waals surface area contributed by atoms with E-state index in [2.05, 4.69) is 21.7 Å². The minimum atomic E-state index is -0.529. The molecule has 0 unspecified atom stereocenters. The molecule has 0 spiro atoms. The molecule has 1 aliphatic rings. The molecule has 0 atom stereocenters. The average molecular weight is 544 g/mol. The van der Waals surface area contributed by atoms with Crippen molar-refractivity contribution in [3.63, 3.8) is 0 Å². The first kappa shape index (κ1) is 26.8. The van der Waals surface area contributed by atoms with Gasteiger partial charge in [0.1, 0.15) is 17.5 Å². The molecule has 1 saturated heterocycles. The van der Waals surface area contributed by atoms with Crippen molar-refractivity contribution in [1.82, 2.24) is 9.88 Å². The van der Waals surface area contributed by atoms with Gasteiger partial charge in [-0.2, -0.15) is 5.26 Å². The van der Waals surface area contributed by atoms with Gasteiger partial charge in [-0.1, -0.05) is 23.2 Å². The maximum Gasteiger partial charge on any atom is 0.410 e. The van der Waals surface area contributed by atoms with E-state index in [0.29, 0.717) is 58.4 Å². The zero-order valence-electron chi connectivity index (χ0n) is 20.9. The second kappa shape index (κ2) is 11.0. The molecule has 1 aliphatic heterocycles. The number of hydrogen-bond donors (Lipinski definition) is 2. The number of rotatable bonds is 5. The van der Waals surface area contributed by atoms with Gasteiger partial charge in [-0.05, 0) is 69.9 Å². The molecule has 0 saturated carbocycles. The molecule has 0 bridgehead atoms. The van der Waals surface area contributed by atoms with Gasteiger partial charge in [-0.15, -0.1) is 0 Å². The molecule has 37 heavy (non-hydrogen) atoms. The van der Waals surface area contributed by atoms with Crippen molar-refractivity contribution in [3.8, 4) is 6.07 Å². The number of aromatic nitrogens is 1. The third-order valence-electron chi connectivity index (χ3n) is 6.10. The Morgan fingerprint density at radius 1 is 1.19 bits per heavy atom. The molecule has 1 aromatic heterocycles. The zero-order valence-corrected chi connectivity index (χ0v) is 22.4. The highest BCUT2D eigenvalue weighted by Gasteiger charge is 2.27. The monoisotopic (exact) mass is 543 g/mol. The lowest BCUT2D eigenvalue weighted by molar-refractivity contribution is 0.0188. The first-order valence-corrected chi connectivity index (χ1v) is 12.8. The number of likely N-dealkylation sites (tertiary alicyclic amines) is 1. The molecule has 2 heterocycles. The number of anilines is 3. The number of halogens is 3. The summed E-state index contributed by atoms with van der Waals surface area (Å²) in [4.78, 5) is 18.4. The number of benzene rings is 2. The Labute approximate surface area is 225 Å². The van der Waals surface area contributed by atoms with Crippen molar-refractivity contribution in [2.24, 2.45) is 5.92 Å². The highest BCUT2D eigenvalue weighted by atomic mass is 35.5. The van der Waals surface area contributed by atoms with Gasteiger partial charge in [0.25, 0.3) is 0 Å². The number of pyridine rings is 1. The lowest BCUT2D eigenvalue weighted by Gasteiger charge is -2.33. The lowest BCUT2D eigenvalue weighted by atomic mass is 9.97. The summed E-state index contributed by atoms with van der Waals surface area (Å²) < 4.78 is 19.1. The molecular formula is C27H28Cl2FN5O2. The molecule has 0 radical (unpaired) electrons. The van der Waals surface area contributed by atoms with Crippen molar-refractivity contribution in [2.45, 2.75) is 39.2 Å². The van der Waals surface area contributed by atoms with E-state index in [0.717, 1.165) is 18.5 Å². The zero-order chi connectivity index (χ0) is 26.7. The van der Waals surface area contributed by atoms with Crippen LogP contribution in [0.3, 0.4) is 0 Å². The van der Waals surface area contributed by atoms with E-state index in [1.807, 2.05) is 26.8 Å². The van der Waals surface area contributed by atoms with Gasteiger partial charge in [-0.3, -0.25) is 4.98 Å². The van der Waals surface area contributed by atoms with E-state index >= 15 is 0 Å². The SMILES string of the molecule is CC(C)(C)OC(=O)N1CCC(CNc2cc(Cl)c3ncc(C#N)c(Nc4ccc(F)c(Cl)c4)c3c2)CC1. The minimum absolute atomic E-state index is 0.0278. The summed E-state index contributed by atoms with van der Waals surface area (Å²) in [6.07, 6.45) is 2.88. The van der Waals surface area contributed by atoms with Crippen LogP contribution >= 0.6 is 23.2 Å². The van der Waals surface area contributed by atoms with Crippen LogP contribution in [0, 0.1) is 23.1 Å². The van der Waals surface area contributed by atoms with E-state index in [1.54, 1.807) is 17.0 Å². The van der Waals surface area contributed by atoms with Gasteiger partial charge < -0.3 is 20.3 Å². The smallest absolute Gasteiger partial charge is 0.410 e. The van der Waals surface area contributed by atoms with E-state index in [-0.39, 0.29) is 11.1 Å². The molecule has 194 valence electrons. The molecule has 0 aliphatic carbocycles. The average Bonchev–Trinajstić information content (AvgIpc) is 2.84. The molecule has 2 aromatic carbocycles. The van der Waals surface area contributed by atoms with Crippen LogP contribution < -0.4 is 10.6 Å². The number of ether oxygens (including phenoxy) is 1. The van der Waals surface area contributed by atoms with E-state index < -0.39 is 11.4 Å². The van der Waals surface area contributed by atoms with Gasteiger partial charge in [0.2, 0.25) is 0 Å². The summed E-state index contributed by atoms with van der Waals surface area (Å²) >= 11 is 12.5. The van der Waals surface area contributed by atoms with Crippen LogP contribution in [0.4, 0.5) is 26.2 Å². The van der Waals surface area contributed by atoms with Gasteiger partial charge in [0.05, 0.1) is 26.8 Å². The van der Waals surface area contributed by atoms with Gasteiger partial charge in [0.15, 0.2) is 0 Å². The van der Waals surface area contributed by atoms with Crippen LogP contribution in [0.2, 0.25) is 10.0 Å². The van der Waals surface area contributed by atoms with Crippen LogP contribution in [0.1, 0.15) is 39.2 Å². The Morgan fingerprint density at radius 3 is 2.54 bits per heavy atom. The van der Waals surface area contributed by atoms with Crippen LogP contribution in [-0.4, -0.2) is 41.2 Å². The summed E-state index contributed by atoms with van der Waals surface area (Å²) in [5.74, 6) is -0.158. The lowest BCUT2D eigenvalue weighted by Crippen LogP contribution is -2.42. The number of carbonyl (C=O) groups excluding carboxylic acids is 1. The van der Waals surface area contributed by atoms with Crippen molar-refractivity contribution >= 4 is 57.3 Å². The normalized spacial score (nSPS) is 14.4. The highest BCUT2D eigenvalue weighted by Crippen LogP contribution is 2.35. The predicted octanol–water partition coefficient (Wildman–Crippen LogP) is 7.35. The standard InChI is InChI=1S/C27H28Cl2FN5O2/c1-27(2,3)37-26(36)35-8-6-16(7-9-35)14-32-19-10-20-24(34-18-4-5-23(30)21(28)11-18)17(13-31)15-33-25(20)22(29)12-19/h4-5,10-12,15-16,32H,6-9,14H2,1-3H3,(H,33,34). The Kier molecular flexibility index (Phi) is 7.96. The number of amides is 1. The third-order valence-corrected chi connectivity index (χ3v) is 6.67. The second-order valence-electron chi connectivity index (χ2n) is 10.1. The van der Waals surface area contributed by atoms with Gasteiger partial charge in [0, 0.05) is 42.6 Å². The predicted molar refractivity (Wildman–Crippen MR) is 145 cm³/mol. The molecule has 1 fully saturated rings. The fraction of sp³-hybridized carbons (Fsp3) is 0.370. The largest absolute Gasteiger partial charge is 0.444 e. The van der Waals surface area contributed by atoms with Crippen LogP contribution in [0.25, 0.3) is 10.9 Å². The number of carbonyl (C=O) groups is 1. The van der Waals surface area contributed by atoms with E-state index in [9.17, 15) is 14.4 Å². The van der Waals surface area contributed by atoms with Crippen molar-refractivity contribution < 1.29 is 13.9 Å². The quantitative estimate of drug-likeness (QED) is 0.349. The molecule has 2 N–H and O–H groups in total. The topological polar surface area (TPSA) is 90.3 Å². The van der Waals surface area contributed by atoms with Crippen LogP contribution in [0.5, 0.6) is 0 Å². The fourth-order valence-corrected chi connectivity index (χ4v) is 4.66.